The van der Waals surface area contributed by atoms with E-state index in [2.05, 4.69) is 16.8 Å². The van der Waals surface area contributed by atoms with E-state index in [0.29, 0.717) is 18.7 Å². The van der Waals surface area contributed by atoms with Crippen LogP contribution in [-0.4, -0.2) is 29.3 Å². The number of anilines is 1. The number of amides is 2. The first-order valence-electron chi connectivity index (χ1n) is 9.04. The molecular formula is C20H25N3O2S. The van der Waals surface area contributed by atoms with Crippen LogP contribution in [0.25, 0.3) is 0 Å². The highest BCUT2D eigenvalue weighted by Crippen LogP contribution is 2.24. The molecule has 6 heteroatoms. The van der Waals surface area contributed by atoms with Crippen LogP contribution in [0.1, 0.15) is 35.8 Å². The Bertz CT molecular complexity index is 770. The minimum Gasteiger partial charge on any atom is -0.399 e. The third kappa shape index (κ3) is 4.43. The SMILES string of the molecule is CCCC(NC(=O)Cc1ccc(N)cc1)C(=O)N1CCc2sccc2C1. The summed E-state index contributed by atoms with van der Waals surface area (Å²) in [4.78, 5) is 28.6. The molecule has 138 valence electrons. The van der Waals surface area contributed by atoms with E-state index in [1.54, 1.807) is 23.5 Å². The van der Waals surface area contributed by atoms with Crippen LogP contribution in [-0.2, 0) is 29.0 Å². The molecule has 0 bridgehead atoms. The topological polar surface area (TPSA) is 75.4 Å². The summed E-state index contributed by atoms with van der Waals surface area (Å²) >= 11 is 1.75. The Morgan fingerprint density at radius 1 is 1.27 bits per heavy atom. The summed E-state index contributed by atoms with van der Waals surface area (Å²) in [5, 5.41) is 5.02. The Labute approximate surface area is 158 Å². The summed E-state index contributed by atoms with van der Waals surface area (Å²) in [6.45, 7) is 3.39. The number of fused-ring (bicyclic) bond motifs is 1. The zero-order valence-electron chi connectivity index (χ0n) is 15.0. The van der Waals surface area contributed by atoms with E-state index >= 15 is 0 Å². The Kier molecular flexibility index (Phi) is 5.93. The highest BCUT2D eigenvalue weighted by molar-refractivity contribution is 7.10. The van der Waals surface area contributed by atoms with Gasteiger partial charge in [-0.15, -0.1) is 11.3 Å². The standard InChI is InChI=1S/C20H25N3O2S/c1-2-3-17(22-19(24)12-14-4-6-16(21)7-5-14)20(25)23-10-8-18-15(13-23)9-11-26-18/h4-7,9,11,17H,2-3,8,10,12-13,21H2,1H3,(H,22,24). The van der Waals surface area contributed by atoms with E-state index in [4.69, 9.17) is 5.73 Å². The van der Waals surface area contributed by atoms with Gasteiger partial charge in [-0.05, 0) is 47.5 Å². The van der Waals surface area contributed by atoms with Gasteiger partial charge in [-0.3, -0.25) is 9.59 Å². The largest absolute Gasteiger partial charge is 0.399 e. The zero-order valence-corrected chi connectivity index (χ0v) is 15.8. The molecule has 0 radical (unpaired) electrons. The first-order chi connectivity index (χ1) is 12.6. The van der Waals surface area contributed by atoms with E-state index in [-0.39, 0.29) is 18.2 Å². The molecule has 0 saturated heterocycles. The number of hydrogen-bond acceptors (Lipinski definition) is 4. The lowest BCUT2D eigenvalue weighted by molar-refractivity contribution is -0.137. The van der Waals surface area contributed by atoms with Gasteiger partial charge >= 0.3 is 0 Å². The van der Waals surface area contributed by atoms with Crippen molar-refractivity contribution >= 4 is 28.8 Å². The van der Waals surface area contributed by atoms with Crippen molar-refractivity contribution in [3.8, 4) is 0 Å². The molecule has 0 aliphatic carbocycles. The molecule has 5 nitrogen and oxygen atoms in total. The summed E-state index contributed by atoms with van der Waals surface area (Å²) in [5.41, 5.74) is 8.47. The van der Waals surface area contributed by atoms with Crippen LogP contribution in [0.2, 0.25) is 0 Å². The van der Waals surface area contributed by atoms with Gasteiger partial charge in [-0.25, -0.2) is 0 Å². The molecule has 1 aliphatic rings. The Morgan fingerprint density at radius 3 is 2.77 bits per heavy atom. The molecular weight excluding hydrogens is 346 g/mol. The number of nitrogens with zero attached hydrogens (tertiary/aromatic N) is 1. The van der Waals surface area contributed by atoms with Gasteiger partial charge in [0.2, 0.25) is 11.8 Å². The molecule has 3 rings (SSSR count). The molecule has 0 spiro atoms. The maximum Gasteiger partial charge on any atom is 0.245 e. The Hall–Kier alpha value is -2.34. The molecule has 2 aromatic rings. The maximum atomic E-state index is 13.0. The number of nitrogens with two attached hydrogens (primary N) is 1. The van der Waals surface area contributed by atoms with Gasteiger partial charge in [0.1, 0.15) is 6.04 Å². The highest BCUT2D eigenvalue weighted by Gasteiger charge is 2.28. The second-order valence-electron chi connectivity index (χ2n) is 6.71. The fourth-order valence-corrected chi connectivity index (χ4v) is 4.16. The molecule has 1 aromatic heterocycles. The predicted octanol–water partition coefficient (Wildman–Crippen LogP) is 2.74. The molecule has 3 N–H and O–H groups in total. The Morgan fingerprint density at radius 2 is 2.04 bits per heavy atom. The smallest absolute Gasteiger partial charge is 0.245 e. The third-order valence-corrected chi connectivity index (χ3v) is 5.70. The zero-order chi connectivity index (χ0) is 18.5. The van der Waals surface area contributed by atoms with E-state index in [9.17, 15) is 9.59 Å². The molecule has 1 aromatic carbocycles. The summed E-state index contributed by atoms with van der Waals surface area (Å²) in [7, 11) is 0. The monoisotopic (exact) mass is 371 g/mol. The van der Waals surface area contributed by atoms with Crippen LogP contribution in [0.4, 0.5) is 5.69 Å². The van der Waals surface area contributed by atoms with Crippen LogP contribution in [0.5, 0.6) is 0 Å². The van der Waals surface area contributed by atoms with Crippen LogP contribution < -0.4 is 11.1 Å². The second kappa shape index (κ2) is 8.36. The predicted molar refractivity (Wildman–Crippen MR) is 105 cm³/mol. The highest BCUT2D eigenvalue weighted by atomic mass is 32.1. The van der Waals surface area contributed by atoms with Crippen LogP contribution in [0.3, 0.4) is 0 Å². The normalized spacial score (nSPS) is 14.6. The summed E-state index contributed by atoms with van der Waals surface area (Å²) in [5.74, 6) is -0.107. The van der Waals surface area contributed by atoms with Crippen molar-refractivity contribution in [3.05, 3.63) is 51.7 Å². The van der Waals surface area contributed by atoms with Gasteiger partial charge in [0.05, 0.1) is 6.42 Å². The lowest BCUT2D eigenvalue weighted by Crippen LogP contribution is -2.50. The number of benzene rings is 1. The van der Waals surface area contributed by atoms with Crippen molar-refractivity contribution in [1.82, 2.24) is 10.2 Å². The number of carbonyl (C=O) groups is 2. The number of nitrogens with one attached hydrogen (secondary N) is 1. The average Bonchev–Trinajstić information content (AvgIpc) is 3.10. The first kappa shape index (κ1) is 18.5. The number of carbonyl (C=O) groups excluding carboxylic acids is 2. The average molecular weight is 372 g/mol. The number of nitrogen functional groups attached to an aromatic ring is 1. The number of hydrogen-bond donors (Lipinski definition) is 2. The van der Waals surface area contributed by atoms with Gasteiger partial charge in [0.15, 0.2) is 0 Å². The molecule has 1 unspecified atom stereocenters. The van der Waals surface area contributed by atoms with Crippen LogP contribution >= 0.6 is 11.3 Å². The number of thiophene rings is 1. The van der Waals surface area contributed by atoms with E-state index in [0.717, 1.165) is 24.9 Å². The fraction of sp³-hybridized carbons (Fsp3) is 0.400. The number of rotatable bonds is 6. The molecule has 0 saturated carbocycles. The van der Waals surface area contributed by atoms with Gasteiger partial charge < -0.3 is 16.0 Å². The molecule has 26 heavy (non-hydrogen) atoms. The van der Waals surface area contributed by atoms with Crippen molar-refractivity contribution in [2.75, 3.05) is 12.3 Å². The maximum absolute atomic E-state index is 13.0. The summed E-state index contributed by atoms with van der Waals surface area (Å²) in [6, 6.07) is 8.88. The summed E-state index contributed by atoms with van der Waals surface area (Å²) in [6.07, 6.45) is 2.65. The van der Waals surface area contributed by atoms with Gasteiger partial charge in [-0.2, -0.15) is 0 Å². The molecule has 2 heterocycles. The van der Waals surface area contributed by atoms with E-state index < -0.39 is 6.04 Å². The van der Waals surface area contributed by atoms with Gasteiger partial charge in [0, 0.05) is 23.7 Å². The summed E-state index contributed by atoms with van der Waals surface area (Å²) < 4.78 is 0. The van der Waals surface area contributed by atoms with Crippen molar-refractivity contribution in [2.24, 2.45) is 0 Å². The van der Waals surface area contributed by atoms with Gasteiger partial charge in [-0.1, -0.05) is 25.5 Å². The van der Waals surface area contributed by atoms with Crippen molar-refractivity contribution in [2.45, 2.75) is 45.2 Å². The van der Waals surface area contributed by atoms with Crippen LogP contribution in [0, 0.1) is 0 Å². The van der Waals surface area contributed by atoms with Crippen molar-refractivity contribution in [3.63, 3.8) is 0 Å². The lowest BCUT2D eigenvalue weighted by atomic mass is 10.1. The van der Waals surface area contributed by atoms with Crippen LogP contribution in [0.15, 0.2) is 35.7 Å². The first-order valence-corrected chi connectivity index (χ1v) is 9.92. The molecule has 2 amide bonds. The molecule has 0 fully saturated rings. The minimum atomic E-state index is -0.457. The van der Waals surface area contributed by atoms with E-state index in [1.807, 2.05) is 24.0 Å². The van der Waals surface area contributed by atoms with Crippen molar-refractivity contribution < 1.29 is 9.59 Å². The molecule has 1 atom stereocenters. The second-order valence-corrected chi connectivity index (χ2v) is 7.71. The molecule has 1 aliphatic heterocycles. The lowest BCUT2D eigenvalue weighted by Gasteiger charge is -2.31. The van der Waals surface area contributed by atoms with E-state index in [1.165, 1.54) is 10.4 Å². The quantitative estimate of drug-likeness (QED) is 0.767. The third-order valence-electron chi connectivity index (χ3n) is 4.67. The van der Waals surface area contributed by atoms with Gasteiger partial charge in [0.25, 0.3) is 0 Å². The van der Waals surface area contributed by atoms with Crippen molar-refractivity contribution in [1.29, 1.82) is 0 Å². The Balaban J connectivity index is 1.61. The minimum absolute atomic E-state index is 0.0226. The fourth-order valence-electron chi connectivity index (χ4n) is 3.27.